The van der Waals surface area contributed by atoms with Crippen LogP contribution in [0.1, 0.15) is 29.8 Å². The van der Waals surface area contributed by atoms with Crippen LogP contribution in [-0.4, -0.2) is 31.7 Å². The Kier molecular flexibility index (Phi) is 6.27. The Labute approximate surface area is 155 Å². The van der Waals surface area contributed by atoms with Gasteiger partial charge in [0.15, 0.2) is 17.5 Å². The molecule has 0 fully saturated rings. The first-order valence-electron chi connectivity index (χ1n) is 8.19. The SMILES string of the molecule is CCN(CC)S(=O)(=O)c1cc(C(=O)Nc2ccc(F)c(F)c2F)ccc1C. The molecule has 0 radical (unpaired) electrons. The van der Waals surface area contributed by atoms with Crippen molar-refractivity contribution in [1.29, 1.82) is 0 Å². The van der Waals surface area contributed by atoms with Gasteiger partial charge < -0.3 is 5.32 Å². The van der Waals surface area contributed by atoms with Gasteiger partial charge in [0.1, 0.15) is 0 Å². The van der Waals surface area contributed by atoms with E-state index in [1.54, 1.807) is 20.8 Å². The number of hydrogen-bond acceptors (Lipinski definition) is 3. The zero-order valence-corrected chi connectivity index (χ0v) is 15.8. The molecule has 0 aromatic heterocycles. The average Bonchev–Trinajstić information content (AvgIpc) is 2.63. The van der Waals surface area contributed by atoms with Crippen molar-refractivity contribution < 1.29 is 26.4 Å². The molecule has 1 N–H and O–H groups in total. The molecule has 5 nitrogen and oxygen atoms in total. The maximum Gasteiger partial charge on any atom is 0.255 e. The standard InChI is InChI=1S/C18H19F3N2O3S/c1-4-23(5-2)27(25,26)15-10-12(7-6-11(15)3)18(24)22-14-9-8-13(19)16(20)17(14)21/h6-10H,4-5H2,1-3H3,(H,22,24). The highest BCUT2D eigenvalue weighted by Gasteiger charge is 2.25. The molecule has 0 unspecified atom stereocenters. The van der Waals surface area contributed by atoms with Crippen LogP contribution in [0.4, 0.5) is 18.9 Å². The second-order valence-electron chi connectivity index (χ2n) is 5.75. The number of carbonyl (C=O) groups excluding carboxylic acids is 1. The molecule has 0 heterocycles. The topological polar surface area (TPSA) is 66.5 Å². The van der Waals surface area contributed by atoms with Crippen molar-refractivity contribution in [3.8, 4) is 0 Å². The number of carbonyl (C=O) groups is 1. The van der Waals surface area contributed by atoms with Crippen LogP contribution in [0.15, 0.2) is 35.2 Å². The van der Waals surface area contributed by atoms with E-state index in [9.17, 15) is 26.4 Å². The third-order valence-corrected chi connectivity index (χ3v) is 6.25. The molecule has 0 aliphatic carbocycles. The Morgan fingerprint density at radius 3 is 2.26 bits per heavy atom. The fraction of sp³-hybridized carbons (Fsp3) is 0.278. The minimum atomic E-state index is -3.81. The van der Waals surface area contributed by atoms with Gasteiger partial charge in [0.2, 0.25) is 10.0 Å². The molecule has 2 aromatic carbocycles. The van der Waals surface area contributed by atoms with Crippen molar-refractivity contribution in [2.24, 2.45) is 0 Å². The number of hydrogen-bond donors (Lipinski definition) is 1. The molecule has 9 heteroatoms. The number of anilines is 1. The number of sulfonamides is 1. The van der Waals surface area contributed by atoms with Crippen LogP contribution in [0.3, 0.4) is 0 Å². The quantitative estimate of drug-likeness (QED) is 0.752. The Bertz CT molecular complexity index is 974. The molecule has 146 valence electrons. The van der Waals surface area contributed by atoms with Gasteiger partial charge >= 0.3 is 0 Å². The van der Waals surface area contributed by atoms with E-state index in [4.69, 9.17) is 0 Å². The van der Waals surface area contributed by atoms with Crippen molar-refractivity contribution in [3.63, 3.8) is 0 Å². The number of benzene rings is 2. The minimum absolute atomic E-state index is 0.0513. The van der Waals surface area contributed by atoms with E-state index in [1.165, 1.54) is 22.5 Å². The normalized spacial score (nSPS) is 11.7. The number of rotatable bonds is 6. The molecule has 0 saturated carbocycles. The van der Waals surface area contributed by atoms with Crippen molar-refractivity contribution >= 4 is 21.6 Å². The van der Waals surface area contributed by atoms with E-state index >= 15 is 0 Å². The lowest BCUT2D eigenvalue weighted by molar-refractivity contribution is 0.102. The zero-order chi connectivity index (χ0) is 20.4. The van der Waals surface area contributed by atoms with Gasteiger partial charge in [0.25, 0.3) is 5.91 Å². The van der Waals surface area contributed by atoms with E-state index in [2.05, 4.69) is 5.32 Å². The summed E-state index contributed by atoms with van der Waals surface area (Å²) in [6.07, 6.45) is 0. The lowest BCUT2D eigenvalue weighted by Gasteiger charge is -2.20. The molecular weight excluding hydrogens is 381 g/mol. The lowest BCUT2D eigenvalue weighted by Crippen LogP contribution is -2.31. The van der Waals surface area contributed by atoms with Crippen molar-refractivity contribution in [3.05, 3.63) is 58.9 Å². The Hall–Kier alpha value is -2.39. The number of halogens is 3. The number of amides is 1. The Morgan fingerprint density at radius 1 is 1.04 bits per heavy atom. The van der Waals surface area contributed by atoms with E-state index in [1.807, 2.05) is 0 Å². The highest BCUT2D eigenvalue weighted by Crippen LogP contribution is 2.23. The molecule has 0 aliphatic heterocycles. The number of aryl methyl sites for hydroxylation is 1. The minimum Gasteiger partial charge on any atom is -0.319 e. The van der Waals surface area contributed by atoms with Gasteiger partial charge in [-0.1, -0.05) is 19.9 Å². The van der Waals surface area contributed by atoms with Gasteiger partial charge in [0.05, 0.1) is 10.6 Å². The van der Waals surface area contributed by atoms with Crippen molar-refractivity contribution in [2.75, 3.05) is 18.4 Å². The molecule has 27 heavy (non-hydrogen) atoms. The number of nitrogens with one attached hydrogen (secondary N) is 1. The van der Waals surface area contributed by atoms with Gasteiger partial charge in [-0.25, -0.2) is 21.6 Å². The van der Waals surface area contributed by atoms with E-state index in [-0.39, 0.29) is 23.5 Å². The molecule has 0 bridgehead atoms. The van der Waals surface area contributed by atoms with Crippen LogP contribution in [0.5, 0.6) is 0 Å². The fourth-order valence-corrected chi connectivity index (χ4v) is 4.25. The van der Waals surface area contributed by atoms with Gasteiger partial charge in [-0.3, -0.25) is 4.79 Å². The third kappa shape index (κ3) is 4.14. The second-order valence-corrected chi connectivity index (χ2v) is 7.65. The summed E-state index contributed by atoms with van der Waals surface area (Å²) in [6.45, 7) is 5.49. The monoisotopic (exact) mass is 400 g/mol. The molecule has 0 atom stereocenters. The second kappa shape index (κ2) is 8.10. The molecule has 1 amide bonds. The molecule has 0 saturated heterocycles. The van der Waals surface area contributed by atoms with Gasteiger partial charge in [-0.2, -0.15) is 4.31 Å². The predicted molar refractivity (Wildman–Crippen MR) is 95.6 cm³/mol. The maximum absolute atomic E-state index is 13.7. The van der Waals surface area contributed by atoms with Crippen LogP contribution >= 0.6 is 0 Å². The van der Waals surface area contributed by atoms with Gasteiger partial charge in [0, 0.05) is 18.7 Å². The van der Waals surface area contributed by atoms with E-state index in [0.29, 0.717) is 11.6 Å². The van der Waals surface area contributed by atoms with E-state index < -0.39 is 39.1 Å². The summed E-state index contributed by atoms with van der Waals surface area (Å²) < 4.78 is 66.7. The Morgan fingerprint density at radius 2 is 1.67 bits per heavy atom. The third-order valence-electron chi connectivity index (χ3n) is 4.06. The largest absolute Gasteiger partial charge is 0.319 e. The first kappa shape index (κ1) is 20.9. The van der Waals surface area contributed by atoms with Crippen LogP contribution in [0.25, 0.3) is 0 Å². The predicted octanol–water partition coefficient (Wildman–Crippen LogP) is 3.70. The summed E-state index contributed by atoms with van der Waals surface area (Å²) in [5.74, 6) is -5.47. The highest BCUT2D eigenvalue weighted by atomic mass is 32.2. The van der Waals surface area contributed by atoms with Crippen LogP contribution < -0.4 is 5.32 Å². The summed E-state index contributed by atoms with van der Waals surface area (Å²) in [4.78, 5) is 12.3. The fourth-order valence-electron chi connectivity index (χ4n) is 2.54. The van der Waals surface area contributed by atoms with Gasteiger partial charge in [-0.15, -0.1) is 0 Å². The number of nitrogens with zero attached hydrogens (tertiary/aromatic N) is 1. The summed E-state index contributed by atoms with van der Waals surface area (Å²) in [5.41, 5.74) is -0.166. The molecule has 0 aliphatic rings. The maximum atomic E-state index is 13.7. The van der Waals surface area contributed by atoms with Gasteiger partial charge in [-0.05, 0) is 36.8 Å². The summed E-state index contributed by atoms with van der Waals surface area (Å²) in [5, 5.41) is 2.12. The lowest BCUT2D eigenvalue weighted by atomic mass is 10.1. The van der Waals surface area contributed by atoms with Crippen LogP contribution in [0.2, 0.25) is 0 Å². The first-order chi connectivity index (χ1) is 12.6. The summed E-state index contributed by atoms with van der Waals surface area (Å²) >= 11 is 0. The van der Waals surface area contributed by atoms with Crippen molar-refractivity contribution in [1.82, 2.24) is 4.31 Å². The molecular formula is C18H19F3N2O3S. The van der Waals surface area contributed by atoms with Crippen LogP contribution in [0, 0.1) is 24.4 Å². The van der Waals surface area contributed by atoms with E-state index in [0.717, 1.165) is 6.07 Å². The summed E-state index contributed by atoms with van der Waals surface area (Å²) in [6, 6.07) is 5.56. The van der Waals surface area contributed by atoms with Crippen LogP contribution in [-0.2, 0) is 10.0 Å². The molecule has 0 spiro atoms. The summed E-state index contributed by atoms with van der Waals surface area (Å²) in [7, 11) is -3.81. The van der Waals surface area contributed by atoms with Crippen molar-refractivity contribution in [2.45, 2.75) is 25.7 Å². The zero-order valence-electron chi connectivity index (χ0n) is 15.0. The Balaban J connectivity index is 2.41. The smallest absolute Gasteiger partial charge is 0.255 e. The average molecular weight is 400 g/mol. The highest BCUT2D eigenvalue weighted by molar-refractivity contribution is 7.89. The molecule has 2 aromatic rings. The first-order valence-corrected chi connectivity index (χ1v) is 9.63. The molecule has 2 rings (SSSR count).